The highest BCUT2D eigenvalue weighted by molar-refractivity contribution is 14.1. The van der Waals surface area contributed by atoms with Crippen molar-refractivity contribution in [3.63, 3.8) is 0 Å². The number of aliphatic hydroxyl groups is 1. The Balaban J connectivity index is 1.57. The molecule has 0 radical (unpaired) electrons. The fourth-order valence-corrected chi connectivity index (χ4v) is 9.11. The molecule has 7 atom stereocenters. The van der Waals surface area contributed by atoms with E-state index in [1.165, 1.54) is 27.5 Å². The second-order valence-electron chi connectivity index (χ2n) is 10.6. The first-order chi connectivity index (χ1) is 13.4. The molecule has 0 unspecified atom stereocenters. The van der Waals surface area contributed by atoms with Crippen LogP contribution >= 0.6 is 22.6 Å². The SMILES string of the molecule is C[C@]12C[C@@H]3c4ccc(I)cc4C[C@]45CCC(=O)C=C4CC[C@H]([C@H]35)[C@@H]1CC[C@@H]2O. The van der Waals surface area contributed by atoms with Crippen molar-refractivity contribution in [1.29, 1.82) is 0 Å². The summed E-state index contributed by atoms with van der Waals surface area (Å²) in [5.41, 5.74) is 4.81. The van der Waals surface area contributed by atoms with Crippen LogP contribution in [0.4, 0.5) is 0 Å². The van der Waals surface area contributed by atoms with Gasteiger partial charge in [0.25, 0.3) is 0 Å². The molecule has 2 nitrogen and oxygen atoms in total. The third-order valence-electron chi connectivity index (χ3n) is 9.62. The van der Waals surface area contributed by atoms with Gasteiger partial charge in [0, 0.05) is 9.99 Å². The molecule has 0 bridgehead atoms. The van der Waals surface area contributed by atoms with Gasteiger partial charge in [0.2, 0.25) is 0 Å². The summed E-state index contributed by atoms with van der Waals surface area (Å²) in [6, 6.07) is 7.07. The van der Waals surface area contributed by atoms with Crippen LogP contribution in [-0.2, 0) is 11.2 Å². The van der Waals surface area contributed by atoms with Gasteiger partial charge in [-0.1, -0.05) is 18.6 Å². The quantitative estimate of drug-likeness (QED) is 0.496. The van der Waals surface area contributed by atoms with Crippen molar-refractivity contribution in [2.24, 2.45) is 28.6 Å². The number of carbonyl (C=O) groups excluding carboxylic acids is 1. The number of hydrogen-bond donors (Lipinski definition) is 1. The third-order valence-corrected chi connectivity index (χ3v) is 10.3. The average molecular weight is 488 g/mol. The summed E-state index contributed by atoms with van der Waals surface area (Å²) >= 11 is 2.44. The lowest BCUT2D eigenvalue weighted by Crippen LogP contribution is -2.57. The standard InChI is InChI=1S/C25H29IO2/c1-24-13-20-18-5-3-16(26)10-14(18)12-25-9-8-17(27)11-15(25)2-4-19(23(20)25)21(24)6-7-22(24)28/h3,5,10-11,19-23,28H,2,4,6-9,12-13H2,1H3/t19-,20+,21-,22-,23+,24-,25+/m0/s1. The lowest BCUT2D eigenvalue weighted by atomic mass is 9.40. The fraction of sp³-hybridized carbons (Fsp3) is 0.640. The zero-order valence-corrected chi connectivity index (χ0v) is 18.7. The molecule has 0 saturated heterocycles. The van der Waals surface area contributed by atoms with Crippen molar-refractivity contribution in [1.82, 2.24) is 0 Å². The smallest absolute Gasteiger partial charge is 0.155 e. The number of allylic oxidation sites excluding steroid dienone is 1. The zero-order valence-electron chi connectivity index (χ0n) is 16.6. The molecule has 3 heteroatoms. The van der Waals surface area contributed by atoms with Gasteiger partial charge >= 0.3 is 0 Å². The lowest BCUT2D eigenvalue weighted by Gasteiger charge is -2.64. The molecule has 148 valence electrons. The number of ketones is 1. The average Bonchev–Trinajstić information content (AvgIpc) is 2.96. The van der Waals surface area contributed by atoms with E-state index in [0.29, 0.717) is 29.5 Å². The highest BCUT2D eigenvalue weighted by Crippen LogP contribution is 2.71. The summed E-state index contributed by atoms with van der Waals surface area (Å²) in [6.45, 7) is 2.38. The highest BCUT2D eigenvalue weighted by Gasteiger charge is 2.64. The van der Waals surface area contributed by atoms with Crippen molar-refractivity contribution < 1.29 is 9.90 Å². The van der Waals surface area contributed by atoms with Crippen LogP contribution in [0.2, 0.25) is 0 Å². The maximum absolute atomic E-state index is 12.3. The second-order valence-corrected chi connectivity index (χ2v) is 11.8. The van der Waals surface area contributed by atoms with Crippen molar-refractivity contribution in [2.75, 3.05) is 0 Å². The minimum absolute atomic E-state index is 0.0658. The van der Waals surface area contributed by atoms with Crippen molar-refractivity contribution in [2.45, 2.75) is 70.3 Å². The van der Waals surface area contributed by atoms with E-state index in [9.17, 15) is 9.90 Å². The predicted octanol–water partition coefficient (Wildman–Crippen LogP) is 5.41. The predicted molar refractivity (Wildman–Crippen MR) is 118 cm³/mol. The van der Waals surface area contributed by atoms with Gasteiger partial charge in [-0.2, -0.15) is 0 Å². The van der Waals surface area contributed by atoms with E-state index < -0.39 is 0 Å². The van der Waals surface area contributed by atoms with Crippen molar-refractivity contribution in [3.05, 3.63) is 44.5 Å². The Labute approximate surface area is 181 Å². The van der Waals surface area contributed by atoms with Gasteiger partial charge in [-0.25, -0.2) is 0 Å². The molecule has 5 aliphatic rings. The monoisotopic (exact) mass is 488 g/mol. The maximum atomic E-state index is 12.3. The molecule has 1 N–H and O–H groups in total. The second kappa shape index (κ2) is 5.94. The summed E-state index contributed by atoms with van der Waals surface area (Å²) in [4.78, 5) is 12.3. The van der Waals surface area contributed by atoms with Gasteiger partial charge in [0.1, 0.15) is 0 Å². The summed E-state index contributed by atoms with van der Waals surface area (Å²) in [6.07, 6.45) is 10.4. The van der Waals surface area contributed by atoms with Gasteiger partial charge < -0.3 is 5.11 Å². The van der Waals surface area contributed by atoms with Crippen LogP contribution in [0.3, 0.4) is 0 Å². The molecule has 3 saturated carbocycles. The Hall–Kier alpha value is -0.680. The molecule has 0 amide bonds. The minimum Gasteiger partial charge on any atom is -0.393 e. The molecule has 0 heterocycles. The Bertz CT molecular complexity index is 904. The number of carbonyl (C=O) groups is 1. The molecule has 6 rings (SSSR count). The molecule has 28 heavy (non-hydrogen) atoms. The van der Waals surface area contributed by atoms with E-state index in [0.717, 1.165) is 38.5 Å². The molecule has 0 aliphatic heterocycles. The molecule has 1 aromatic rings. The highest BCUT2D eigenvalue weighted by atomic mass is 127. The van der Waals surface area contributed by atoms with Gasteiger partial charge in [-0.05, 0) is 131 Å². The minimum atomic E-state index is -0.145. The van der Waals surface area contributed by atoms with Crippen LogP contribution in [0.15, 0.2) is 29.8 Å². The first kappa shape index (κ1) is 18.1. The van der Waals surface area contributed by atoms with Gasteiger partial charge in [-0.3, -0.25) is 4.79 Å². The number of aliphatic hydroxyl groups excluding tert-OH is 1. The first-order valence-corrected chi connectivity index (χ1v) is 12.2. The molecule has 5 aliphatic carbocycles. The van der Waals surface area contributed by atoms with E-state index in [1.807, 2.05) is 6.08 Å². The van der Waals surface area contributed by atoms with Crippen molar-refractivity contribution in [3.8, 4) is 0 Å². The molecule has 3 fully saturated rings. The van der Waals surface area contributed by atoms with Gasteiger partial charge in [-0.15, -0.1) is 0 Å². The topological polar surface area (TPSA) is 37.3 Å². The molecule has 1 aromatic carbocycles. The van der Waals surface area contributed by atoms with E-state index in [1.54, 1.807) is 5.56 Å². The summed E-state index contributed by atoms with van der Waals surface area (Å²) in [5.74, 6) is 2.91. The Morgan fingerprint density at radius 3 is 2.89 bits per heavy atom. The van der Waals surface area contributed by atoms with Gasteiger partial charge in [0.05, 0.1) is 6.10 Å². The lowest BCUT2D eigenvalue weighted by molar-refractivity contribution is -0.120. The van der Waals surface area contributed by atoms with E-state index in [4.69, 9.17) is 0 Å². The summed E-state index contributed by atoms with van der Waals surface area (Å²) in [7, 11) is 0. The van der Waals surface area contributed by atoms with Gasteiger partial charge in [0.15, 0.2) is 5.78 Å². The van der Waals surface area contributed by atoms with Crippen LogP contribution in [0.5, 0.6) is 0 Å². The zero-order chi connectivity index (χ0) is 19.3. The van der Waals surface area contributed by atoms with Crippen LogP contribution in [0.1, 0.15) is 68.9 Å². The summed E-state index contributed by atoms with van der Waals surface area (Å²) < 4.78 is 1.32. The Kier molecular flexibility index (Phi) is 3.84. The number of halogens is 1. The van der Waals surface area contributed by atoms with Crippen LogP contribution < -0.4 is 0 Å². The fourth-order valence-electron chi connectivity index (χ4n) is 8.55. The first-order valence-electron chi connectivity index (χ1n) is 11.1. The van der Waals surface area contributed by atoms with E-state index in [2.05, 4.69) is 47.7 Å². The van der Waals surface area contributed by atoms with Crippen molar-refractivity contribution >= 4 is 28.4 Å². The molecular weight excluding hydrogens is 459 g/mol. The summed E-state index contributed by atoms with van der Waals surface area (Å²) in [5, 5.41) is 11.0. The Morgan fingerprint density at radius 2 is 2.04 bits per heavy atom. The number of rotatable bonds is 0. The Morgan fingerprint density at radius 1 is 1.18 bits per heavy atom. The van der Waals surface area contributed by atoms with Crippen LogP contribution in [0.25, 0.3) is 0 Å². The van der Waals surface area contributed by atoms with E-state index >= 15 is 0 Å². The number of benzene rings is 1. The number of hydrogen-bond acceptors (Lipinski definition) is 2. The normalized spacial score (nSPS) is 46.2. The van der Waals surface area contributed by atoms with Crippen LogP contribution in [0, 0.1) is 32.2 Å². The van der Waals surface area contributed by atoms with Crippen LogP contribution in [-0.4, -0.2) is 17.0 Å². The largest absolute Gasteiger partial charge is 0.393 e. The molecule has 0 aromatic heterocycles. The maximum Gasteiger partial charge on any atom is 0.155 e. The van der Waals surface area contributed by atoms with E-state index in [-0.39, 0.29) is 16.9 Å². The number of fused-ring (bicyclic) bond motifs is 4. The third kappa shape index (κ3) is 2.21. The molecule has 1 spiro atoms. The molecular formula is C25H29IO2.